The van der Waals surface area contributed by atoms with Gasteiger partial charge in [0.2, 0.25) is 0 Å². The van der Waals surface area contributed by atoms with Gasteiger partial charge in [-0.05, 0) is 71.2 Å². The van der Waals surface area contributed by atoms with Gasteiger partial charge in [-0.25, -0.2) is 17.6 Å². The number of hydrogen-bond donors (Lipinski definition) is 0. The van der Waals surface area contributed by atoms with Crippen molar-refractivity contribution in [1.29, 1.82) is 0 Å². The lowest BCUT2D eigenvalue weighted by molar-refractivity contribution is 0.447. The molecule has 4 heteroatoms. The fourth-order valence-electron chi connectivity index (χ4n) is 4.34. The summed E-state index contributed by atoms with van der Waals surface area (Å²) in [4.78, 5) is 0. The smallest absolute Gasteiger partial charge is 0.194 e. The van der Waals surface area contributed by atoms with E-state index in [1.54, 1.807) is 6.07 Å². The van der Waals surface area contributed by atoms with E-state index < -0.39 is 23.3 Å². The third kappa shape index (κ3) is 3.88. The zero-order valence-corrected chi connectivity index (χ0v) is 17.0. The molecule has 0 heterocycles. The van der Waals surface area contributed by atoms with Crippen molar-refractivity contribution >= 4 is 0 Å². The lowest BCUT2D eigenvalue weighted by atomic mass is 9.82. The molecule has 0 nitrogen and oxygen atoms in total. The van der Waals surface area contributed by atoms with Gasteiger partial charge in [-0.1, -0.05) is 56.5 Å². The molecule has 3 aromatic carbocycles. The van der Waals surface area contributed by atoms with Crippen LogP contribution < -0.4 is 0 Å². The van der Waals surface area contributed by atoms with Crippen molar-refractivity contribution in [3.63, 3.8) is 0 Å². The third-order valence-electron chi connectivity index (χ3n) is 5.96. The van der Waals surface area contributed by atoms with E-state index in [2.05, 4.69) is 25.1 Å². The van der Waals surface area contributed by atoms with Gasteiger partial charge in [-0.2, -0.15) is 0 Å². The second-order valence-corrected chi connectivity index (χ2v) is 8.01. The first-order valence-corrected chi connectivity index (χ1v) is 10.6. The molecule has 0 spiro atoms. The Hall–Kier alpha value is -2.62. The summed E-state index contributed by atoms with van der Waals surface area (Å²) in [5.41, 5.74) is 4.97. The van der Waals surface area contributed by atoms with Crippen molar-refractivity contribution in [3.8, 4) is 22.3 Å². The molecule has 0 fully saturated rings. The lowest BCUT2D eigenvalue weighted by Crippen LogP contribution is -2.08. The summed E-state index contributed by atoms with van der Waals surface area (Å²) in [5.74, 6) is -4.68. The number of hydrogen-bond acceptors (Lipinski definition) is 0. The highest BCUT2D eigenvalue weighted by molar-refractivity contribution is 5.78. The quantitative estimate of drug-likeness (QED) is 0.220. The lowest BCUT2D eigenvalue weighted by Gasteiger charge is -2.22. The topological polar surface area (TPSA) is 0 Å². The number of rotatable bonds is 6. The summed E-state index contributed by atoms with van der Waals surface area (Å²) in [6.45, 7) is 2.20. The molecule has 156 valence electrons. The van der Waals surface area contributed by atoms with Crippen molar-refractivity contribution in [1.82, 2.24) is 0 Å². The van der Waals surface area contributed by atoms with Crippen molar-refractivity contribution in [2.45, 2.75) is 51.9 Å². The molecule has 0 unspecified atom stereocenters. The molecule has 0 bridgehead atoms. The molecule has 0 N–H and O–H groups in total. The molecule has 1 aliphatic rings. The number of unbranched alkanes of at least 4 members (excludes halogenated alkanes) is 3. The third-order valence-corrected chi connectivity index (χ3v) is 5.96. The Labute approximate surface area is 174 Å². The minimum Gasteiger partial charge on any atom is -0.206 e. The molecular weight excluding hydrogens is 388 g/mol. The first kappa shape index (κ1) is 20.6. The van der Waals surface area contributed by atoms with Crippen LogP contribution in [0.5, 0.6) is 0 Å². The van der Waals surface area contributed by atoms with Crippen molar-refractivity contribution < 1.29 is 17.6 Å². The van der Waals surface area contributed by atoms with Gasteiger partial charge in [0, 0.05) is 5.56 Å². The van der Waals surface area contributed by atoms with Gasteiger partial charge in [0.05, 0.1) is 0 Å². The second-order valence-electron chi connectivity index (χ2n) is 8.01. The van der Waals surface area contributed by atoms with Crippen molar-refractivity contribution in [2.24, 2.45) is 0 Å². The molecule has 0 aliphatic heterocycles. The van der Waals surface area contributed by atoms with Crippen LogP contribution in [0.1, 0.15) is 49.3 Å². The standard InChI is InChI=1S/C26H24F4/c1-2-3-4-5-6-16-7-9-19-17(13-16)8-10-22-21(19)12-11-20(25(22)29)18-14-23(27)26(30)24(28)15-18/h7,9,11-15H,2-6,8,10H2,1H3. The summed E-state index contributed by atoms with van der Waals surface area (Å²) in [7, 11) is 0. The van der Waals surface area contributed by atoms with Gasteiger partial charge in [0.15, 0.2) is 17.5 Å². The second kappa shape index (κ2) is 8.63. The Balaban J connectivity index is 1.66. The predicted molar refractivity (Wildman–Crippen MR) is 112 cm³/mol. The zero-order chi connectivity index (χ0) is 21.3. The van der Waals surface area contributed by atoms with Crippen LogP contribution in [-0.4, -0.2) is 0 Å². The van der Waals surface area contributed by atoms with E-state index in [0.29, 0.717) is 12.0 Å². The Kier molecular flexibility index (Phi) is 5.94. The van der Waals surface area contributed by atoms with E-state index in [1.165, 1.54) is 42.9 Å². The molecule has 30 heavy (non-hydrogen) atoms. The fraction of sp³-hybridized carbons (Fsp3) is 0.308. The summed E-state index contributed by atoms with van der Waals surface area (Å²) in [6, 6.07) is 11.4. The van der Waals surface area contributed by atoms with Crippen LogP contribution >= 0.6 is 0 Å². The fourth-order valence-corrected chi connectivity index (χ4v) is 4.34. The number of aryl methyl sites for hydroxylation is 2. The molecule has 3 aromatic rings. The minimum absolute atomic E-state index is 0.0000703. The van der Waals surface area contributed by atoms with E-state index >= 15 is 4.39 Å². The van der Waals surface area contributed by atoms with E-state index in [1.807, 2.05) is 0 Å². The predicted octanol–water partition coefficient (Wildman–Crippen LogP) is 7.80. The Bertz CT molecular complexity index is 1060. The SMILES string of the molecule is CCCCCCc1ccc2c(c1)CCc1c-2ccc(-c2cc(F)c(F)c(F)c2)c1F. The number of benzene rings is 3. The summed E-state index contributed by atoms with van der Waals surface area (Å²) >= 11 is 0. The van der Waals surface area contributed by atoms with E-state index in [4.69, 9.17) is 0 Å². The minimum atomic E-state index is -1.54. The monoisotopic (exact) mass is 412 g/mol. The van der Waals surface area contributed by atoms with Gasteiger partial charge in [-0.3, -0.25) is 0 Å². The van der Waals surface area contributed by atoms with Crippen LogP contribution in [0.2, 0.25) is 0 Å². The maximum atomic E-state index is 15.3. The van der Waals surface area contributed by atoms with Gasteiger partial charge in [-0.15, -0.1) is 0 Å². The van der Waals surface area contributed by atoms with Gasteiger partial charge in [0.1, 0.15) is 5.82 Å². The molecular formula is C26H24F4. The highest BCUT2D eigenvalue weighted by atomic mass is 19.2. The van der Waals surface area contributed by atoms with E-state index in [9.17, 15) is 13.2 Å². The first-order valence-electron chi connectivity index (χ1n) is 10.6. The summed E-state index contributed by atoms with van der Waals surface area (Å²) in [6.07, 6.45) is 7.16. The summed E-state index contributed by atoms with van der Waals surface area (Å²) in [5, 5.41) is 0. The highest BCUT2D eigenvalue weighted by Gasteiger charge is 2.23. The number of halogens is 4. The molecule has 0 radical (unpaired) electrons. The van der Waals surface area contributed by atoms with Crippen LogP contribution in [0.3, 0.4) is 0 Å². The van der Waals surface area contributed by atoms with Crippen LogP contribution in [-0.2, 0) is 19.3 Å². The largest absolute Gasteiger partial charge is 0.206 e. The molecule has 0 aromatic heterocycles. The van der Waals surface area contributed by atoms with Gasteiger partial charge < -0.3 is 0 Å². The molecule has 4 rings (SSSR count). The Morgan fingerprint density at radius 2 is 1.40 bits per heavy atom. The molecule has 0 saturated heterocycles. The van der Waals surface area contributed by atoms with Crippen LogP contribution in [0, 0.1) is 23.3 Å². The number of fused-ring (bicyclic) bond motifs is 3. The van der Waals surface area contributed by atoms with Crippen LogP contribution in [0.4, 0.5) is 17.6 Å². The molecule has 0 saturated carbocycles. The Morgan fingerprint density at radius 3 is 2.13 bits per heavy atom. The molecule has 0 atom stereocenters. The van der Waals surface area contributed by atoms with Crippen LogP contribution in [0.15, 0.2) is 42.5 Å². The zero-order valence-electron chi connectivity index (χ0n) is 17.0. The van der Waals surface area contributed by atoms with Crippen LogP contribution in [0.25, 0.3) is 22.3 Å². The highest BCUT2D eigenvalue weighted by Crippen LogP contribution is 2.39. The maximum absolute atomic E-state index is 15.3. The van der Waals surface area contributed by atoms with Gasteiger partial charge >= 0.3 is 0 Å². The van der Waals surface area contributed by atoms with Crippen molar-refractivity contribution in [3.05, 3.63) is 82.4 Å². The summed E-state index contributed by atoms with van der Waals surface area (Å²) < 4.78 is 55.8. The normalized spacial score (nSPS) is 12.6. The van der Waals surface area contributed by atoms with Crippen molar-refractivity contribution in [2.75, 3.05) is 0 Å². The van der Waals surface area contributed by atoms with E-state index in [0.717, 1.165) is 36.1 Å². The average molecular weight is 412 g/mol. The average Bonchev–Trinajstić information content (AvgIpc) is 2.74. The first-order chi connectivity index (χ1) is 14.5. The Morgan fingerprint density at radius 1 is 0.700 bits per heavy atom. The van der Waals surface area contributed by atoms with E-state index in [-0.39, 0.29) is 11.1 Å². The maximum Gasteiger partial charge on any atom is 0.194 e. The molecule has 1 aliphatic carbocycles. The van der Waals surface area contributed by atoms with Gasteiger partial charge in [0.25, 0.3) is 0 Å². The molecule has 0 amide bonds.